The van der Waals surface area contributed by atoms with Crippen LogP contribution in [0.15, 0.2) is 48.5 Å². The molecule has 30 heavy (non-hydrogen) atoms. The fourth-order valence-corrected chi connectivity index (χ4v) is 4.21. The number of anilines is 1. The fraction of sp³-hybridized carbons (Fsp3) is 0.273. The molecule has 156 valence electrons. The second-order valence-corrected chi connectivity index (χ2v) is 7.91. The highest BCUT2D eigenvalue weighted by Crippen LogP contribution is 2.39. The smallest absolute Gasteiger partial charge is 0.231 e. The molecular formula is C22H22ClN3O4. The van der Waals surface area contributed by atoms with Gasteiger partial charge in [-0.2, -0.15) is 0 Å². The van der Waals surface area contributed by atoms with Crippen LogP contribution in [-0.4, -0.2) is 52.7 Å². The van der Waals surface area contributed by atoms with E-state index in [-0.39, 0.29) is 18.6 Å². The van der Waals surface area contributed by atoms with E-state index in [1.807, 2.05) is 12.1 Å². The highest BCUT2D eigenvalue weighted by Gasteiger charge is 2.24. The van der Waals surface area contributed by atoms with Crippen LogP contribution in [0.3, 0.4) is 0 Å². The third-order valence-electron chi connectivity index (χ3n) is 5.56. The van der Waals surface area contributed by atoms with Crippen LogP contribution in [0.2, 0.25) is 5.02 Å². The molecule has 3 aromatic rings. The summed E-state index contributed by atoms with van der Waals surface area (Å²) in [6, 6.07) is 14.7. The van der Waals surface area contributed by atoms with E-state index >= 15 is 0 Å². The number of aromatic nitrogens is 1. The van der Waals surface area contributed by atoms with Crippen LogP contribution in [0.1, 0.15) is 5.56 Å². The molecule has 8 heteroatoms. The standard InChI is InChI=1S/C22H22ClN3O4/c23-16-2-1-3-17(11-16)26-21(27)12-18(22(26)28)25-8-6-24(7-9-25)13-15-4-5-19-20(10-15)30-14-29-19/h1-5,10-12,27-28H,6-9,13-14H2. The zero-order chi connectivity index (χ0) is 20.7. The number of ether oxygens (including phenoxy) is 2. The Morgan fingerprint density at radius 2 is 1.70 bits per heavy atom. The fourth-order valence-electron chi connectivity index (χ4n) is 4.02. The first-order valence-corrected chi connectivity index (χ1v) is 10.2. The maximum Gasteiger partial charge on any atom is 0.231 e. The minimum absolute atomic E-state index is 0.0130. The molecule has 0 amide bonds. The summed E-state index contributed by atoms with van der Waals surface area (Å²) in [6.07, 6.45) is 0. The Bertz CT molecular complexity index is 1080. The minimum Gasteiger partial charge on any atom is -0.494 e. The first-order valence-electron chi connectivity index (χ1n) is 9.84. The van der Waals surface area contributed by atoms with Gasteiger partial charge < -0.3 is 24.6 Å². The molecule has 0 unspecified atom stereocenters. The van der Waals surface area contributed by atoms with E-state index in [1.54, 1.807) is 30.3 Å². The third-order valence-corrected chi connectivity index (χ3v) is 5.79. The summed E-state index contributed by atoms with van der Waals surface area (Å²) in [5.41, 5.74) is 2.42. The van der Waals surface area contributed by atoms with Gasteiger partial charge in [0.1, 0.15) is 5.69 Å². The van der Waals surface area contributed by atoms with E-state index in [1.165, 1.54) is 10.1 Å². The molecule has 2 aromatic carbocycles. The number of rotatable bonds is 4. The molecule has 3 heterocycles. The molecule has 0 radical (unpaired) electrons. The van der Waals surface area contributed by atoms with Gasteiger partial charge in [0.15, 0.2) is 11.5 Å². The number of hydrogen-bond acceptors (Lipinski definition) is 6. The Morgan fingerprint density at radius 1 is 0.900 bits per heavy atom. The van der Waals surface area contributed by atoms with Gasteiger partial charge in [0, 0.05) is 43.8 Å². The molecule has 0 bridgehead atoms. The van der Waals surface area contributed by atoms with Gasteiger partial charge in [0.25, 0.3) is 0 Å². The molecule has 0 spiro atoms. The van der Waals surface area contributed by atoms with Crippen LogP contribution in [-0.2, 0) is 6.54 Å². The lowest BCUT2D eigenvalue weighted by Gasteiger charge is -2.35. The summed E-state index contributed by atoms with van der Waals surface area (Å²) < 4.78 is 12.2. The summed E-state index contributed by atoms with van der Waals surface area (Å²) >= 11 is 6.06. The highest BCUT2D eigenvalue weighted by molar-refractivity contribution is 6.30. The van der Waals surface area contributed by atoms with Crippen LogP contribution in [0.4, 0.5) is 5.69 Å². The maximum absolute atomic E-state index is 10.8. The number of benzene rings is 2. The average molecular weight is 428 g/mol. The van der Waals surface area contributed by atoms with Gasteiger partial charge in [-0.3, -0.25) is 4.90 Å². The van der Waals surface area contributed by atoms with Crippen molar-refractivity contribution in [2.24, 2.45) is 0 Å². The van der Waals surface area contributed by atoms with Crippen LogP contribution < -0.4 is 14.4 Å². The molecule has 0 atom stereocenters. The predicted molar refractivity (Wildman–Crippen MR) is 114 cm³/mol. The Hall–Kier alpha value is -3.03. The van der Waals surface area contributed by atoms with E-state index in [9.17, 15) is 10.2 Å². The van der Waals surface area contributed by atoms with Crippen molar-refractivity contribution in [1.82, 2.24) is 9.47 Å². The number of fused-ring (bicyclic) bond motifs is 1. The van der Waals surface area contributed by atoms with Crippen molar-refractivity contribution in [3.8, 4) is 28.9 Å². The van der Waals surface area contributed by atoms with Crippen molar-refractivity contribution in [1.29, 1.82) is 0 Å². The highest BCUT2D eigenvalue weighted by atomic mass is 35.5. The number of hydrogen-bond donors (Lipinski definition) is 2. The van der Waals surface area contributed by atoms with E-state index in [4.69, 9.17) is 21.1 Å². The van der Waals surface area contributed by atoms with Crippen LogP contribution in [0.25, 0.3) is 5.69 Å². The second-order valence-electron chi connectivity index (χ2n) is 7.48. The van der Waals surface area contributed by atoms with Gasteiger partial charge in [-0.1, -0.05) is 23.7 Å². The normalized spacial score (nSPS) is 16.2. The summed E-state index contributed by atoms with van der Waals surface area (Å²) in [4.78, 5) is 4.45. The number of piperazine rings is 1. The van der Waals surface area contributed by atoms with Crippen LogP contribution in [0, 0.1) is 0 Å². The summed E-state index contributed by atoms with van der Waals surface area (Å²) in [6.45, 7) is 4.29. The van der Waals surface area contributed by atoms with Gasteiger partial charge >= 0.3 is 0 Å². The minimum atomic E-state index is -0.0208. The lowest BCUT2D eigenvalue weighted by Crippen LogP contribution is -2.45. The molecular weight excluding hydrogens is 406 g/mol. The van der Waals surface area contributed by atoms with Gasteiger partial charge in [0.05, 0.1) is 5.69 Å². The van der Waals surface area contributed by atoms with Crippen molar-refractivity contribution in [3.63, 3.8) is 0 Å². The predicted octanol–water partition coefficient (Wildman–Crippen LogP) is 3.59. The Morgan fingerprint density at radius 3 is 2.50 bits per heavy atom. The zero-order valence-electron chi connectivity index (χ0n) is 16.3. The molecule has 1 fully saturated rings. The van der Waals surface area contributed by atoms with Crippen LogP contribution in [0.5, 0.6) is 23.3 Å². The van der Waals surface area contributed by atoms with Crippen LogP contribution >= 0.6 is 11.6 Å². The Kier molecular flexibility index (Phi) is 4.84. The summed E-state index contributed by atoms with van der Waals surface area (Å²) in [5.74, 6) is 1.59. The van der Waals surface area contributed by atoms with Crippen molar-refractivity contribution >= 4 is 17.3 Å². The van der Waals surface area contributed by atoms with E-state index < -0.39 is 0 Å². The van der Waals surface area contributed by atoms with Gasteiger partial charge in [-0.15, -0.1) is 0 Å². The second kappa shape index (κ2) is 7.66. The Balaban J connectivity index is 1.27. The topological polar surface area (TPSA) is 70.3 Å². The largest absolute Gasteiger partial charge is 0.494 e. The molecule has 5 rings (SSSR count). The number of nitrogens with zero attached hydrogens (tertiary/aromatic N) is 3. The molecule has 0 aliphatic carbocycles. The molecule has 1 aromatic heterocycles. The van der Waals surface area contributed by atoms with Gasteiger partial charge in [-0.25, -0.2) is 4.57 Å². The first kappa shape index (κ1) is 19.0. The Labute approximate surface area is 179 Å². The van der Waals surface area contributed by atoms with E-state index in [0.29, 0.717) is 16.4 Å². The zero-order valence-corrected chi connectivity index (χ0v) is 17.0. The quantitative estimate of drug-likeness (QED) is 0.663. The first-order chi connectivity index (χ1) is 14.6. The van der Waals surface area contributed by atoms with Crippen molar-refractivity contribution < 1.29 is 19.7 Å². The molecule has 7 nitrogen and oxygen atoms in total. The van der Waals surface area contributed by atoms with Crippen molar-refractivity contribution in [2.45, 2.75) is 6.54 Å². The van der Waals surface area contributed by atoms with E-state index in [2.05, 4.69) is 15.9 Å². The molecule has 1 saturated heterocycles. The lowest BCUT2D eigenvalue weighted by atomic mass is 10.1. The monoisotopic (exact) mass is 427 g/mol. The van der Waals surface area contributed by atoms with Gasteiger partial charge in [0.2, 0.25) is 18.6 Å². The lowest BCUT2D eigenvalue weighted by molar-refractivity contribution is 0.174. The SMILES string of the molecule is Oc1cc(N2CCN(Cc3ccc4c(c3)OCO4)CC2)c(O)n1-c1cccc(Cl)c1. The van der Waals surface area contributed by atoms with Gasteiger partial charge in [-0.05, 0) is 35.9 Å². The number of halogens is 1. The maximum atomic E-state index is 10.8. The number of aromatic hydroxyl groups is 2. The van der Waals surface area contributed by atoms with E-state index in [0.717, 1.165) is 44.2 Å². The molecule has 2 aliphatic heterocycles. The average Bonchev–Trinajstić information content (AvgIpc) is 3.32. The summed E-state index contributed by atoms with van der Waals surface area (Å²) in [7, 11) is 0. The molecule has 2 N–H and O–H groups in total. The van der Waals surface area contributed by atoms with Crippen molar-refractivity contribution in [3.05, 3.63) is 59.1 Å². The third kappa shape index (κ3) is 3.51. The summed E-state index contributed by atoms with van der Waals surface area (Å²) in [5, 5.41) is 21.7. The molecule has 0 saturated carbocycles. The molecule has 2 aliphatic rings. The van der Waals surface area contributed by atoms with Crippen molar-refractivity contribution in [2.75, 3.05) is 37.9 Å².